The first kappa shape index (κ1) is 15.3. The Hall–Kier alpha value is -2.11. The normalized spacial score (nSPS) is 15.5. The summed E-state index contributed by atoms with van der Waals surface area (Å²) in [4.78, 5) is 28.5. The van der Waals surface area contributed by atoms with Gasteiger partial charge in [-0.1, -0.05) is 19.3 Å². The molecule has 2 amide bonds. The van der Waals surface area contributed by atoms with Crippen molar-refractivity contribution in [2.24, 2.45) is 5.92 Å². The number of carboxylic acid groups (broad SMARTS) is 1. The number of rotatable bonds is 4. The Morgan fingerprint density at radius 2 is 2.05 bits per heavy atom. The Morgan fingerprint density at radius 3 is 2.71 bits per heavy atom. The van der Waals surface area contributed by atoms with Gasteiger partial charge < -0.3 is 15.3 Å². The number of nitrogens with zero attached hydrogens (tertiary/aromatic N) is 2. The molecular formula is C15H21N3O3. The molecule has 0 radical (unpaired) electrons. The van der Waals surface area contributed by atoms with Crippen molar-refractivity contribution in [2.75, 3.05) is 18.9 Å². The van der Waals surface area contributed by atoms with Crippen molar-refractivity contribution >= 4 is 17.7 Å². The summed E-state index contributed by atoms with van der Waals surface area (Å²) in [5.41, 5.74) is 0.457. The van der Waals surface area contributed by atoms with Gasteiger partial charge in [0.2, 0.25) is 0 Å². The quantitative estimate of drug-likeness (QED) is 0.893. The summed E-state index contributed by atoms with van der Waals surface area (Å²) in [7, 11) is 1.76. The molecule has 1 heterocycles. The van der Waals surface area contributed by atoms with Crippen LogP contribution in [0.15, 0.2) is 18.5 Å². The van der Waals surface area contributed by atoms with E-state index in [1.54, 1.807) is 11.9 Å². The molecule has 0 aliphatic heterocycles. The van der Waals surface area contributed by atoms with Gasteiger partial charge >= 0.3 is 12.0 Å². The molecule has 1 aromatic rings. The SMILES string of the molecule is CN(CC1CCCCC1)C(=O)Nc1cncc(C(=O)O)c1. The van der Waals surface area contributed by atoms with Gasteiger partial charge in [0.15, 0.2) is 0 Å². The van der Waals surface area contributed by atoms with Gasteiger partial charge in [-0.2, -0.15) is 0 Å². The molecule has 6 heteroatoms. The molecular weight excluding hydrogens is 270 g/mol. The van der Waals surface area contributed by atoms with Crippen LogP contribution in [-0.2, 0) is 0 Å². The molecule has 0 unspecified atom stereocenters. The zero-order valence-corrected chi connectivity index (χ0v) is 12.2. The van der Waals surface area contributed by atoms with Crippen molar-refractivity contribution in [2.45, 2.75) is 32.1 Å². The zero-order valence-electron chi connectivity index (χ0n) is 12.2. The second-order valence-electron chi connectivity index (χ2n) is 5.58. The van der Waals surface area contributed by atoms with Crippen molar-refractivity contribution in [3.8, 4) is 0 Å². The fourth-order valence-corrected chi connectivity index (χ4v) is 2.68. The molecule has 6 nitrogen and oxygen atoms in total. The Kier molecular flexibility index (Phi) is 5.14. The fraction of sp³-hybridized carbons (Fsp3) is 0.533. The van der Waals surface area contributed by atoms with E-state index < -0.39 is 5.97 Å². The fourth-order valence-electron chi connectivity index (χ4n) is 2.68. The van der Waals surface area contributed by atoms with E-state index in [0.29, 0.717) is 11.6 Å². The number of aromatic carboxylic acids is 1. The average Bonchev–Trinajstić information content (AvgIpc) is 2.48. The summed E-state index contributed by atoms with van der Waals surface area (Å²) < 4.78 is 0. The molecule has 1 aliphatic rings. The summed E-state index contributed by atoms with van der Waals surface area (Å²) in [6, 6.07) is 1.17. The van der Waals surface area contributed by atoms with E-state index in [4.69, 9.17) is 5.11 Å². The first-order valence-corrected chi connectivity index (χ1v) is 7.26. The number of aromatic nitrogens is 1. The number of anilines is 1. The van der Waals surface area contributed by atoms with Gasteiger partial charge in [-0.25, -0.2) is 9.59 Å². The average molecular weight is 291 g/mol. The topological polar surface area (TPSA) is 82.5 Å². The molecule has 2 rings (SSSR count). The highest BCUT2D eigenvalue weighted by atomic mass is 16.4. The van der Waals surface area contributed by atoms with Gasteiger partial charge in [0.1, 0.15) is 0 Å². The lowest BCUT2D eigenvalue weighted by atomic mass is 9.89. The first-order valence-electron chi connectivity index (χ1n) is 7.26. The van der Waals surface area contributed by atoms with E-state index in [-0.39, 0.29) is 11.6 Å². The highest BCUT2D eigenvalue weighted by Crippen LogP contribution is 2.24. The number of carbonyl (C=O) groups excluding carboxylic acids is 1. The Morgan fingerprint density at radius 1 is 1.33 bits per heavy atom. The minimum Gasteiger partial charge on any atom is -0.478 e. The van der Waals surface area contributed by atoms with E-state index in [1.807, 2.05) is 0 Å². The molecule has 1 aromatic heterocycles. The molecule has 1 fully saturated rings. The minimum absolute atomic E-state index is 0.0581. The van der Waals surface area contributed by atoms with Crippen LogP contribution in [0.2, 0.25) is 0 Å². The maximum atomic E-state index is 12.1. The van der Waals surface area contributed by atoms with Crippen molar-refractivity contribution in [3.05, 3.63) is 24.0 Å². The van der Waals surface area contributed by atoms with Gasteiger partial charge in [-0.3, -0.25) is 4.98 Å². The van der Waals surface area contributed by atoms with Gasteiger partial charge in [0, 0.05) is 19.8 Å². The number of urea groups is 1. The van der Waals surface area contributed by atoms with E-state index in [1.165, 1.54) is 50.6 Å². The number of hydrogen-bond donors (Lipinski definition) is 2. The number of carboxylic acids is 1. The van der Waals surface area contributed by atoms with E-state index in [0.717, 1.165) is 6.54 Å². The third-order valence-corrected chi connectivity index (χ3v) is 3.84. The molecule has 0 saturated heterocycles. The summed E-state index contributed by atoms with van der Waals surface area (Å²) >= 11 is 0. The van der Waals surface area contributed by atoms with Gasteiger partial charge in [0.25, 0.3) is 0 Å². The second kappa shape index (κ2) is 7.06. The molecule has 2 N–H and O–H groups in total. The molecule has 0 aromatic carbocycles. The third kappa shape index (κ3) is 4.44. The highest BCUT2D eigenvalue weighted by Gasteiger charge is 2.18. The van der Waals surface area contributed by atoms with Crippen molar-refractivity contribution in [3.63, 3.8) is 0 Å². The van der Waals surface area contributed by atoms with Crippen LogP contribution in [0.3, 0.4) is 0 Å². The number of hydrogen-bond acceptors (Lipinski definition) is 3. The largest absolute Gasteiger partial charge is 0.478 e. The van der Waals surface area contributed by atoms with E-state index in [9.17, 15) is 9.59 Å². The van der Waals surface area contributed by atoms with Gasteiger partial charge in [0.05, 0.1) is 17.4 Å². The van der Waals surface area contributed by atoms with Crippen LogP contribution in [0.25, 0.3) is 0 Å². The second-order valence-corrected chi connectivity index (χ2v) is 5.58. The van der Waals surface area contributed by atoms with Crippen LogP contribution in [-0.4, -0.2) is 40.6 Å². The van der Waals surface area contributed by atoms with Crippen molar-refractivity contribution in [1.82, 2.24) is 9.88 Å². The molecule has 114 valence electrons. The molecule has 21 heavy (non-hydrogen) atoms. The lowest BCUT2D eigenvalue weighted by Gasteiger charge is -2.27. The lowest BCUT2D eigenvalue weighted by Crippen LogP contribution is -2.35. The first-order chi connectivity index (χ1) is 10.1. The van der Waals surface area contributed by atoms with E-state index >= 15 is 0 Å². The number of carbonyl (C=O) groups is 2. The zero-order chi connectivity index (χ0) is 15.2. The molecule has 0 bridgehead atoms. The summed E-state index contributed by atoms with van der Waals surface area (Å²) in [6.45, 7) is 0.734. The van der Waals surface area contributed by atoms with Crippen LogP contribution in [0, 0.1) is 5.92 Å². The maximum absolute atomic E-state index is 12.1. The lowest BCUT2D eigenvalue weighted by molar-refractivity contribution is 0.0696. The number of nitrogens with one attached hydrogen (secondary N) is 1. The van der Waals surface area contributed by atoms with Crippen molar-refractivity contribution < 1.29 is 14.7 Å². The molecule has 0 spiro atoms. The molecule has 1 saturated carbocycles. The van der Waals surface area contributed by atoms with Gasteiger partial charge in [-0.15, -0.1) is 0 Å². The number of pyridine rings is 1. The van der Waals surface area contributed by atoms with Crippen LogP contribution < -0.4 is 5.32 Å². The third-order valence-electron chi connectivity index (χ3n) is 3.84. The van der Waals surface area contributed by atoms with E-state index in [2.05, 4.69) is 10.3 Å². The maximum Gasteiger partial charge on any atom is 0.337 e. The standard InChI is InChI=1S/C15H21N3O3/c1-18(10-11-5-3-2-4-6-11)15(21)17-13-7-12(14(19)20)8-16-9-13/h7-9,11H,2-6,10H2,1H3,(H,17,21)(H,19,20). The summed E-state index contributed by atoms with van der Waals surface area (Å²) in [6.07, 6.45) is 8.82. The van der Waals surface area contributed by atoms with Crippen molar-refractivity contribution in [1.29, 1.82) is 0 Å². The predicted octanol–water partition coefficient (Wildman–Crippen LogP) is 2.82. The number of amides is 2. The molecule has 1 aliphatic carbocycles. The van der Waals surface area contributed by atoms with Gasteiger partial charge in [-0.05, 0) is 24.8 Å². The summed E-state index contributed by atoms with van der Waals surface area (Å²) in [5, 5.41) is 11.6. The Bertz CT molecular complexity index is 513. The minimum atomic E-state index is -1.06. The predicted molar refractivity (Wildman–Crippen MR) is 79.4 cm³/mol. The smallest absolute Gasteiger partial charge is 0.337 e. The van der Waals surface area contributed by atoms with Crippen LogP contribution in [0.4, 0.5) is 10.5 Å². The Labute approximate surface area is 124 Å². The monoisotopic (exact) mass is 291 g/mol. The van der Waals surface area contributed by atoms with Crippen LogP contribution in [0.5, 0.6) is 0 Å². The van der Waals surface area contributed by atoms with Crippen LogP contribution in [0.1, 0.15) is 42.5 Å². The van der Waals surface area contributed by atoms with Crippen LogP contribution >= 0.6 is 0 Å². The molecule has 0 atom stereocenters. The highest BCUT2D eigenvalue weighted by molar-refractivity contribution is 5.92. The Balaban J connectivity index is 1.90. The summed E-state index contributed by atoms with van der Waals surface area (Å²) in [5.74, 6) is -0.493.